The molecular formula is C18H22N5O8S2+. The van der Waals surface area contributed by atoms with E-state index in [4.69, 9.17) is 20.4 Å². The number of anilines is 1. The zero-order valence-electron chi connectivity index (χ0n) is 17.4. The molecule has 15 heteroatoms. The molecule has 0 radical (unpaired) electrons. The van der Waals surface area contributed by atoms with Gasteiger partial charge in [0.25, 0.3) is 17.5 Å². The van der Waals surface area contributed by atoms with E-state index in [-0.39, 0.29) is 36.2 Å². The highest BCUT2D eigenvalue weighted by Gasteiger charge is 2.76. The zero-order chi connectivity index (χ0) is 23.9. The SMILES string of the molecule is C[S+]1C[C@@H]2CC(=O)O[C@]2(C(=O)O)N2C(=O)[C@@H](NC(=O)/C(=N\OCCCO)c3csc(N)n3)[C@H]21. The van der Waals surface area contributed by atoms with Crippen LogP contribution in [0.3, 0.4) is 0 Å². The smallest absolute Gasteiger partial charge is 0.371 e. The molecule has 13 nitrogen and oxygen atoms in total. The molecule has 5 atom stereocenters. The van der Waals surface area contributed by atoms with Crippen LogP contribution in [0.1, 0.15) is 18.5 Å². The van der Waals surface area contributed by atoms with Crippen molar-refractivity contribution in [2.45, 2.75) is 30.0 Å². The second kappa shape index (κ2) is 8.79. The number of carboxylic acid groups (broad SMARTS) is 1. The van der Waals surface area contributed by atoms with Crippen LogP contribution in [0.5, 0.6) is 0 Å². The summed E-state index contributed by atoms with van der Waals surface area (Å²) in [6.45, 7) is -0.0670. The molecular weight excluding hydrogens is 478 g/mol. The minimum absolute atomic E-state index is 0.0535. The van der Waals surface area contributed by atoms with Crippen LogP contribution in [-0.2, 0) is 39.6 Å². The molecule has 1 aromatic heterocycles. The minimum Gasteiger partial charge on any atom is -0.477 e. The number of aliphatic hydroxyl groups is 1. The number of β-lactam (4-membered cyclic amide) rings is 1. The van der Waals surface area contributed by atoms with Gasteiger partial charge in [0.1, 0.15) is 18.1 Å². The van der Waals surface area contributed by atoms with Crippen molar-refractivity contribution in [2.75, 3.05) is 31.0 Å². The number of ether oxygens (including phenoxy) is 1. The molecule has 4 rings (SSSR count). The van der Waals surface area contributed by atoms with E-state index in [1.54, 1.807) is 0 Å². The number of aliphatic carboxylic acids is 1. The maximum Gasteiger partial charge on any atom is 0.371 e. The number of carboxylic acids is 1. The highest BCUT2D eigenvalue weighted by atomic mass is 32.2. The van der Waals surface area contributed by atoms with Gasteiger partial charge in [-0.1, -0.05) is 5.16 Å². The molecule has 0 saturated carbocycles. The predicted molar refractivity (Wildman–Crippen MR) is 116 cm³/mol. The number of aromatic nitrogens is 1. The van der Waals surface area contributed by atoms with Crippen LogP contribution in [0.2, 0.25) is 0 Å². The largest absolute Gasteiger partial charge is 0.477 e. The average molecular weight is 501 g/mol. The van der Waals surface area contributed by atoms with Crippen molar-refractivity contribution in [2.24, 2.45) is 11.1 Å². The molecule has 33 heavy (non-hydrogen) atoms. The molecule has 2 amide bonds. The van der Waals surface area contributed by atoms with Crippen molar-refractivity contribution < 1.29 is 39.0 Å². The first-order valence-electron chi connectivity index (χ1n) is 9.93. The van der Waals surface area contributed by atoms with Gasteiger partial charge in [-0.25, -0.2) is 14.7 Å². The number of nitrogen functional groups attached to an aromatic ring is 1. The second-order valence-electron chi connectivity index (χ2n) is 7.71. The molecule has 3 aliphatic rings. The van der Waals surface area contributed by atoms with E-state index in [2.05, 4.69) is 15.5 Å². The average Bonchev–Trinajstić information content (AvgIpc) is 3.33. The van der Waals surface area contributed by atoms with Gasteiger partial charge < -0.3 is 30.8 Å². The van der Waals surface area contributed by atoms with Crippen molar-refractivity contribution in [1.82, 2.24) is 15.2 Å². The Kier molecular flexibility index (Phi) is 6.20. The predicted octanol–water partition coefficient (Wildman–Crippen LogP) is -1.91. The lowest BCUT2D eigenvalue weighted by atomic mass is 9.89. The number of hydrogen-bond donors (Lipinski definition) is 4. The summed E-state index contributed by atoms with van der Waals surface area (Å²) >= 11 is 1.09. The molecule has 1 aromatic rings. The monoisotopic (exact) mass is 500 g/mol. The maximum atomic E-state index is 13.0. The number of esters is 1. The summed E-state index contributed by atoms with van der Waals surface area (Å²) in [5.41, 5.74) is 3.54. The van der Waals surface area contributed by atoms with E-state index < -0.39 is 57.7 Å². The number of nitrogens with one attached hydrogen (secondary N) is 1. The summed E-state index contributed by atoms with van der Waals surface area (Å²) in [5, 5.41) is 26.2. The summed E-state index contributed by atoms with van der Waals surface area (Å²) in [4.78, 5) is 60.3. The molecule has 178 valence electrons. The first-order chi connectivity index (χ1) is 15.7. The van der Waals surface area contributed by atoms with Crippen LogP contribution in [0.25, 0.3) is 0 Å². The van der Waals surface area contributed by atoms with Crippen LogP contribution in [0, 0.1) is 5.92 Å². The molecule has 1 unspecified atom stereocenters. The van der Waals surface area contributed by atoms with Gasteiger partial charge in [-0.3, -0.25) is 14.4 Å². The Hall–Kier alpha value is -2.91. The van der Waals surface area contributed by atoms with E-state index >= 15 is 0 Å². The number of amides is 2. The van der Waals surface area contributed by atoms with Gasteiger partial charge in [-0.05, 0) is 0 Å². The fourth-order valence-electron chi connectivity index (χ4n) is 4.21. The fourth-order valence-corrected chi connectivity index (χ4v) is 7.20. The summed E-state index contributed by atoms with van der Waals surface area (Å²) in [7, 11) is -0.513. The first-order valence-corrected chi connectivity index (χ1v) is 12.7. The summed E-state index contributed by atoms with van der Waals surface area (Å²) in [6, 6.07) is -1.03. The Bertz CT molecular complexity index is 1030. The van der Waals surface area contributed by atoms with E-state index in [9.17, 15) is 24.3 Å². The zero-order valence-corrected chi connectivity index (χ0v) is 19.1. The van der Waals surface area contributed by atoms with Gasteiger partial charge in [-0.15, -0.1) is 11.3 Å². The number of hydrogen-bond acceptors (Lipinski definition) is 11. The van der Waals surface area contributed by atoms with Gasteiger partial charge in [0.15, 0.2) is 16.9 Å². The Morgan fingerprint density at radius 1 is 1.52 bits per heavy atom. The molecule has 5 N–H and O–H groups in total. The Labute approximate surface area is 194 Å². The third-order valence-electron chi connectivity index (χ3n) is 5.64. The van der Waals surface area contributed by atoms with Gasteiger partial charge in [0, 0.05) is 29.3 Å². The minimum atomic E-state index is -2.05. The van der Waals surface area contributed by atoms with Crippen LogP contribution >= 0.6 is 11.3 Å². The number of carbonyl (C=O) groups excluding carboxylic acids is 3. The van der Waals surface area contributed by atoms with Crippen molar-refractivity contribution in [3.05, 3.63) is 11.1 Å². The molecule has 3 fully saturated rings. The number of oxime groups is 1. The lowest BCUT2D eigenvalue weighted by Gasteiger charge is -2.54. The second-order valence-corrected chi connectivity index (χ2v) is 10.8. The molecule has 3 saturated heterocycles. The van der Waals surface area contributed by atoms with Crippen LogP contribution < -0.4 is 11.1 Å². The van der Waals surface area contributed by atoms with Gasteiger partial charge in [0.05, 0.1) is 18.6 Å². The van der Waals surface area contributed by atoms with Gasteiger partial charge >= 0.3 is 11.9 Å². The Morgan fingerprint density at radius 2 is 2.27 bits per heavy atom. The van der Waals surface area contributed by atoms with Crippen LogP contribution in [0.4, 0.5) is 5.13 Å². The van der Waals surface area contributed by atoms with Crippen molar-refractivity contribution in [3.63, 3.8) is 0 Å². The molecule has 0 aliphatic carbocycles. The molecule has 4 heterocycles. The van der Waals surface area contributed by atoms with Crippen molar-refractivity contribution >= 4 is 56.8 Å². The number of fused-ring (bicyclic) bond motifs is 3. The molecule has 3 aliphatic heterocycles. The summed E-state index contributed by atoms with van der Waals surface area (Å²) in [5.74, 6) is -3.77. The molecule has 0 aromatic carbocycles. The van der Waals surface area contributed by atoms with E-state index in [0.717, 1.165) is 16.2 Å². The first kappa shape index (κ1) is 23.3. The highest BCUT2D eigenvalue weighted by Crippen LogP contribution is 2.48. The third-order valence-corrected chi connectivity index (χ3v) is 8.54. The van der Waals surface area contributed by atoms with Crippen molar-refractivity contribution in [3.8, 4) is 0 Å². The lowest BCUT2D eigenvalue weighted by molar-refractivity contribution is -0.216. The topological polar surface area (TPSA) is 194 Å². The van der Waals surface area contributed by atoms with E-state index in [1.807, 2.05) is 6.26 Å². The fraction of sp³-hybridized carbons (Fsp3) is 0.556. The third kappa shape index (κ3) is 3.79. The van der Waals surface area contributed by atoms with Gasteiger partial charge in [-0.2, -0.15) is 0 Å². The summed E-state index contributed by atoms with van der Waals surface area (Å²) < 4.78 is 5.19. The Balaban J connectivity index is 1.56. The normalized spacial score (nSPS) is 30.7. The maximum absolute atomic E-state index is 13.0. The standard InChI is InChI=1S/C18H21N5O8S2/c1-33-7-8-5-10(25)31-18(8,16(28)29)23-14(27)12(15(23)33)21-13(26)11(22-30-4-2-3-24)9-6-32-17(19)20-9/h6,8,12,15,24H,2-5,7H2,1H3,(H3-,19,20,21,26,28,29)/p+1/b22-11-/t8-,12+,15+,18+,33?/m0/s1. The quantitative estimate of drug-likeness (QED) is 0.0781. The number of nitrogens with zero attached hydrogens (tertiary/aromatic N) is 3. The number of thiazole rings is 1. The number of carbonyl (C=O) groups is 4. The van der Waals surface area contributed by atoms with Crippen molar-refractivity contribution in [1.29, 1.82) is 0 Å². The van der Waals surface area contributed by atoms with Crippen LogP contribution in [0.15, 0.2) is 10.5 Å². The van der Waals surface area contributed by atoms with Gasteiger partial charge in [0.2, 0.25) is 5.37 Å². The van der Waals surface area contributed by atoms with E-state index in [0.29, 0.717) is 12.2 Å². The van der Waals surface area contributed by atoms with Crippen LogP contribution in [-0.4, -0.2) is 91.9 Å². The van der Waals surface area contributed by atoms with E-state index in [1.165, 1.54) is 5.38 Å². The highest BCUT2D eigenvalue weighted by molar-refractivity contribution is 7.97. The summed E-state index contributed by atoms with van der Waals surface area (Å²) in [6.07, 6.45) is 2.07. The molecule has 0 bridgehead atoms. The number of rotatable bonds is 8. The molecule has 0 spiro atoms. The number of aliphatic hydroxyl groups excluding tert-OH is 1. The Morgan fingerprint density at radius 3 is 2.91 bits per heavy atom. The number of nitrogens with two attached hydrogens (primary N) is 1. The lowest BCUT2D eigenvalue weighted by Crippen LogP contribution is -2.84.